The molecule has 1 saturated carbocycles. The van der Waals surface area contributed by atoms with Crippen LogP contribution in [0.15, 0.2) is 18.2 Å². The smallest absolute Gasteiger partial charge is 0.251 e. The molecule has 0 spiro atoms. The molecule has 0 unspecified atom stereocenters. The molecule has 2 N–H and O–H groups in total. The fourth-order valence-electron chi connectivity index (χ4n) is 3.74. The molecule has 2 fully saturated rings. The lowest BCUT2D eigenvalue weighted by Crippen LogP contribution is -2.44. The van der Waals surface area contributed by atoms with Crippen molar-refractivity contribution < 1.29 is 14.3 Å². The Balaban J connectivity index is 1.52. The van der Waals surface area contributed by atoms with Crippen molar-refractivity contribution in [2.75, 3.05) is 26.7 Å². The molecule has 1 aliphatic heterocycles. The number of carbonyl (C=O) groups excluding carboxylic acids is 2. The van der Waals surface area contributed by atoms with Crippen LogP contribution < -0.4 is 15.4 Å². The minimum atomic E-state index is -0.0771. The van der Waals surface area contributed by atoms with Crippen LogP contribution in [0, 0.1) is 0 Å². The summed E-state index contributed by atoms with van der Waals surface area (Å²) in [6.45, 7) is 1.73. The van der Waals surface area contributed by atoms with Crippen molar-refractivity contribution in [3.05, 3.63) is 28.8 Å². The second-order valence-corrected chi connectivity index (χ2v) is 7.74. The zero-order valence-electron chi connectivity index (χ0n) is 15.8. The van der Waals surface area contributed by atoms with Gasteiger partial charge in [-0.3, -0.25) is 9.59 Å². The molecule has 2 amide bonds. The molecule has 2 aliphatic rings. The summed E-state index contributed by atoms with van der Waals surface area (Å²) in [7, 11) is 1.77. The van der Waals surface area contributed by atoms with Crippen LogP contribution in [0.2, 0.25) is 5.02 Å². The molecule has 7 heteroatoms. The first-order chi connectivity index (χ1) is 13.1. The third-order valence-electron chi connectivity index (χ3n) is 5.30. The van der Waals surface area contributed by atoms with Gasteiger partial charge in [0.25, 0.3) is 5.91 Å². The maximum Gasteiger partial charge on any atom is 0.251 e. The topological polar surface area (TPSA) is 70.7 Å². The Labute approximate surface area is 165 Å². The second-order valence-electron chi connectivity index (χ2n) is 7.33. The molecule has 27 heavy (non-hydrogen) atoms. The van der Waals surface area contributed by atoms with E-state index in [1.165, 1.54) is 12.8 Å². The summed E-state index contributed by atoms with van der Waals surface area (Å²) in [5.74, 6) is 0.632. The minimum absolute atomic E-state index is 0.0271. The maximum atomic E-state index is 12.4. The Hall–Kier alpha value is -1.79. The van der Waals surface area contributed by atoms with Crippen molar-refractivity contribution in [2.45, 2.75) is 50.7 Å². The first-order valence-electron chi connectivity index (χ1n) is 9.76. The highest BCUT2D eigenvalue weighted by Crippen LogP contribution is 2.29. The Morgan fingerprint density at radius 2 is 1.89 bits per heavy atom. The zero-order valence-corrected chi connectivity index (χ0v) is 16.6. The molecule has 0 bridgehead atoms. The number of ether oxygens (including phenoxy) is 1. The molecule has 3 rings (SSSR count). The van der Waals surface area contributed by atoms with Gasteiger partial charge in [0, 0.05) is 37.5 Å². The maximum absolute atomic E-state index is 12.4. The van der Waals surface area contributed by atoms with E-state index in [0.717, 1.165) is 25.7 Å². The van der Waals surface area contributed by atoms with E-state index < -0.39 is 0 Å². The van der Waals surface area contributed by atoms with Gasteiger partial charge in [-0.05, 0) is 38.1 Å². The van der Waals surface area contributed by atoms with Crippen molar-refractivity contribution in [3.8, 4) is 5.75 Å². The normalized spacial score (nSPS) is 18.5. The summed E-state index contributed by atoms with van der Waals surface area (Å²) in [5, 5.41) is 6.40. The Morgan fingerprint density at radius 3 is 2.52 bits per heavy atom. The molecule has 1 aliphatic carbocycles. The van der Waals surface area contributed by atoms with Crippen molar-refractivity contribution in [1.82, 2.24) is 15.5 Å². The van der Waals surface area contributed by atoms with E-state index in [2.05, 4.69) is 10.6 Å². The van der Waals surface area contributed by atoms with E-state index >= 15 is 0 Å². The van der Waals surface area contributed by atoms with Gasteiger partial charge in [0.1, 0.15) is 11.9 Å². The van der Waals surface area contributed by atoms with Gasteiger partial charge in [-0.25, -0.2) is 0 Å². The highest BCUT2D eigenvalue weighted by molar-refractivity contribution is 6.32. The number of benzene rings is 1. The Morgan fingerprint density at radius 1 is 1.19 bits per heavy atom. The molecule has 1 heterocycles. The predicted octanol–water partition coefficient (Wildman–Crippen LogP) is 2.60. The van der Waals surface area contributed by atoms with Gasteiger partial charge in [0.2, 0.25) is 5.91 Å². The molecule has 6 nitrogen and oxygen atoms in total. The number of halogens is 1. The van der Waals surface area contributed by atoms with E-state index in [4.69, 9.17) is 16.3 Å². The van der Waals surface area contributed by atoms with E-state index in [1.807, 2.05) is 4.90 Å². The largest absolute Gasteiger partial charge is 0.489 e. The summed E-state index contributed by atoms with van der Waals surface area (Å²) < 4.78 is 6.03. The fourth-order valence-corrected chi connectivity index (χ4v) is 3.97. The molecule has 148 valence electrons. The van der Waals surface area contributed by atoms with Crippen LogP contribution in [-0.4, -0.2) is 55.5 Å². The molecular formula is C20H28ClN3O3. The lowest BCUT2D eigenvalue weighted by Gasteiger charge is -2.32. The van der Waals surface area contributed by atoms with E-state index in [0.29, 0.717) is 36.0 Å². The Kier molecular flexibility index (Phi) is 6.96. The quantitative estimate of drug-likeness (QED) is 0.779. The summed E-state index contributed by atoms with van der Waals surface area (Å²) in [6.07, 6.45) is 6.03. The molecule has 1 aromatic carbocycles. The van der Waals surface area contributed by atoms with Gasteiger partial charge in [-0.2, -0.15) is 0 Å². The minimum Gasteiger partial charge on any atom is -0.489 e. The SMILES string of the molecule is CNCC(=O)N1CCC(Oc2ccc(C(=O)NC3CCCC3)cc2Cl)CC1. The van der Waals surface area contributed by atoms with Gasteiger partial charge in [0.05, 0.1) is 11.6 Å². The molecule has 0 atom stereocenters. The first kappa shape index (κ1) is 20.0. The van der Waals surface area contributed by atoms with Gasteiger partial charge in [-0.1, -0.05) is 24.4 Å². The van der Waals surface area contributed by atoms with Gasteiger partial charge in [-0.15, -0.1) is 0 Å². The number of piperidine rings is 1. The van der Waals surface area contributed by atoms with Crippen LogP contribution in [0.1, 0.15) is 48.9 Å². The molecule has 1 aromatic rings. The molecule has 1 saturated heterocycles. The number of nitrogens with zero attached hydrogens (tertiary/aromatic N) is 1. The number of hydrogen-bond donors (Lipinski definition) is 2. The number of nitrogens with one attached hydrogen (secondary N) is 2. The van der Waals surface area contributed by atoms with Crippen LogP contribution in [0.3, 0.4) is 0 Å². The molecular weight excluding hydrogens is 366 g/mol. The average Bonchev–Trinajstić information content (AvgIpc) is 3.17. The predicted molar refractivity (Wildman–Crippen MR) is 105 cm³/mol. The standard InChI is InChI=1S/C20H28ClN3O3/c1-22-13-19(25)24-10-8-16(9-11-24)27-18-7-6-14(12-17(18)21)20(26)23-15-4-2-3-5-15/h6-7,12,15-16,22H,2-5,8-11,13H2,1H3,(H,23,26). The second kappa shape index (κ2) is 9.42. The number of carbonyl (C=O) groups is 2. The lowest BCUT2D eigenvalue weighted by atomic mass is 10.1. The molecule has 0 aromatic heterocycles. The fraction of sp³-hybridized carbons (Fsp3) is 0.600. The lowest BCUT2D eigenvalue weighted by molar-refractivity contribution is -0.131. The molecule has 0 radical (unpaired) electrons. The summed E-state index contributed by atoms with van der Waals surface area (Å²) in [6, 6.07) is 5.48. The number of rotatable bonds is 6. The Bertz CT molecular complexity index is 668. The van der Waals surface area contributed by atoms with Gasteiger partial charge >= 0.3 is 0 Å². The van der Waals surface area contributed by atoms with E-state index in [9.17, 15) is 9.59 Å². The van der Waals surface area contributed by atoms with Crippen LogP contribution in [0.5, 0.6) is 5.75 Å². The number of hydrogen-bond acceptors (Lipinski definition) is 4. The van der Waals surface area contributed by atoms with Crippen LogP contribution in [0.25, 0.3) is 0 Å². The van der Waals surface area contributed by atoms with E-state index in [-0.39, 0.29) is 24.0 Å². The van der Waals surface area contributed by atoms with Crippen LogP contribution in [-0.2, 0) is 4.79 Å². The highest BCUT2D eigenvalue weighted by Gasteiger charge is 2.24. The van der Waals surface area contributed by atoms with Crippen molar-refractivity contribution in [2.24, 2.45) is 0 Å². The summed E-state index contributed by atoms with van der Waals surface area (Å²) >= 11 is 6.35. The van der Waals surface area contributed by atoms with E-state index in [1.54, 1.807) is 25.2 Å². The summed E-state index contributed by atoms with van der Waals surface area (Å²) in [4.78, 5) is 26.1. The van der Waals surface area contributed by atoms with Gasteiger partial charge < -0.3 is 20.3 Å². The first-order valence-corrected chi connectivity index (χ1v) is 10.1. The zero-order chi connectivity index (χ0) is 19.2. The number of amides is 2. The van der Waals surface area contributed by atoms with Gasteiger partial charge in [0.15, 0.2) is 0 Å². The van der Waals surface area contributed by atoms with Crippen LogP contribution >= 0.6 is 11.6 Å². The monoisotopic (exact) mass is 393 g/mol. The van der Waals surface area contributed by atoms with Crippen molar-refractivity contribution in [3.63, 3.8) is 0 Å². The highest BCUT2D eigenvalue weighted by atomic mass is 35.5. The third kappa shape index (κ3) is 5.36. The van der Waals surface area contributed by atoms with Crippen molar-refractivity contribution >= 4 is 23.4 Å². The average molecular weight is 394 g/mol. The summed E-state index contributed by atoms with van der Waals surface area (Å²) in [5.41, 5.74) is 0.562. The number of likely N-dealkylation sites (tertiary alicyclic amines) is 1. The third-order valence-corrected chi connectivity index (χ3v) is 5.60. The van der Waals surface area contributed by atoms with Crippen molar-refractivity contribution in [1.29, 1.82) is 0 Å². The number of likely N-dealkylation sites (N-methyl/N-ethyl adjacent to an activating group) is 1. The van der Waals surface area contributed by atoms with Crippen LogP contribution in [0.4, 0.5) is 0 Å².